The molecule has 2 rings (SSSR count). The number of esters is 1. The number of carbonyl (C=O) groups is 2. The minimum absolute atomic E-state index is 0.108. The molecule has 1 fully saturated rings. The van der Waals surface area contributed by atoms with E-state index < -0.39 is 0 Å². The summed E-state index contributed by atoms with van der Waals surface area (Å²) in [5.74, 6) is 0.107. The van der Waals surface area contributed by atoms with Crippen molar-refractivity contribution in [2.75, 3.05) is 20.3 Å². The van der Waals surface area contributed by atoms with Crippen LogP contribution >= 0.6 is 39.9 Å². The Bertz CT molecular complexity index is 705. The van der Waals surface area contributed by atoms with Gasteiger partial charge in [0.2, 0.25) is 0 Å². The second-order valence-corrected chi connectivity index (χ2v) is 7.37. The number of carbonyl (C=O) groups excluding carboxylic acids is 2. The van der Waals surface area contributed by atoms with Crippen LogP contribution in [0.5, 0.6) is 5.75 Å². The maximum atomic E-state index is 12.5. The molecule has 1 amide bonds. The van der Waals surface area contributed by atoms with E-state index in [2.05, 4.69) is 20.7 Å². The van der Waals surface area contributed by atoms with E-state index in [1.807, 2.05) is 25.1 Å². The Morgan fingerprint density at radius 2 is 2.21 bits per heavy atom. The first-order chi connectivity index (χ1) is 11.5. The lowest BCUT2D eigenvalue weighted by molar-refractivity contribution is -0.140. The van der Waals surface area contributed by atoms with Gasteiger partial charge in [0.15, 0.2) is 0 Å². The molecule has 1 heterocycles. The van der Waals surface area contributed by atoms with E-state index in [-0.39, 0.29) is 24.8 Å². The molecular formula is C16H16BrNO4S2. The normalized spacial score (nSPS) is 16.0. The van der Waals surface area contributed by atoms with E-state index in [1.165, 1.54) is 23.8 Å². The van der Waals surface area contributed by atoms with Crippen molar-refractivity contribution in [3.05, 3.63) is 33.1 Å². The molecule has 0 aliphatic carbocycles. The molecule has 128 valence electrons. The van der Waals surface area contributed by atoms with Gasteiger partial charge in [-0.2, -0.15) is 0 Å². The number of thioether (sulfide) groups is 1. The van der Waals surface area contributed by atoms with Gasteiger partial charge in [0.05, 0.1) is 25.0 Å². The molecule has 0 spiro atoms. The number of benzene rings is 1. The molecule has 0 N–H and O–H groups in total. The number of halogens is 1. The fourth-order valence-electron chi connectivity index (χ4n) is 2.06. The van der Waals surface area contributed by atoms with Crippen molar-refractivity contribution < 1.29 is 19.1 Å². The van der Waals surface area contributed by atoms with Crippen LogP contribution in [-0.2, 0) is 14.3 Å². The summed E-state index contributed by atoms with van der Waals surface area (Å²) >= 11 is 9.88. The number of ether oxygens (including phenoxy) is 2. The summed E-state index contributed by atoms with van der Waals surface area (Å²) in [6, 6.07) is 5.60. The molecule has 1 aliphatic rings. The van der Waals surface area contributed by atoms with Crippen LogP contribution in [0.1, 0.15) is 18.9 Å². The standard InChI is InChI=1S/C16H16BrNO4S2/c1-3-22-12-5-4-11(17)8-10(12)9-13-15(20)18(16(23)24-13)7-6-14(19)21-2/h4-5,8-9H,3,6-7H2,1-2H3/b13-9+. The Morgan fingerprint density at radius 1 is 1.46 bits per heavy atom. The number of hydrogen-bond acceptors (Lipinski definition) is 6. The molecule has 0 radical (unpaired) electrons. The molecule has 8 heteroatoms. The predicted molar refractivity (Wildman–Crippen MR) is 102 cm³/mol. The smallest absolute Gasteiger partial charge is 0.307 e. The van der Waals surface area contributed by atoms with Crippen molar-refractivity contribution in [3.8, 4) is 5.75 Å². The van der Waals surface area contributed by atoms with E-state index in [4.69, 9.17) is 17.0 Å². The second kappa shape index (κ2) is 8.64. The maximum absolute atomic E-state index is 12.5. The van der Waals surface area contributed by atoms with Crippen LogP contribution in [0.25, 0.3) is 6.08 Å². The number of methoxy groups -OCH3 is 1. The molecule has 1 saturated heterocycles. The maximum Gasteiger partial charge on any atom is 0.307 e. The Kier molecular flexibility index (Phi) is 6.82. The summed E-state index contributed by atoms with van der Waals surface area (Å²) in [6.07, 6.45) is 1.87. The third-order valence-corrected chi connectivity index (χ3v) is 5.07. The van der Waals surface area contributed by atoms with Crippen LogP contribution in [0, 0.1) is 0 Å². The zero-order chi connectivity index (χ0) is 17.7. The Hall–Kier alpha value is -1.38. The van der Waals surface area contributed by atoms with E-state index in [0.29, 0.717) is 21.6 Å². The lowest BCUT2D eigenvalue weighted by Crippen LogP contribution is -2.30. The van der Waals surface area contributed by atoms with Gasteiger partial charge >= 0.3 is 5.97 Å². The van der Waals surface area contributed by atoms with Gasteiger partial charge in [-0.3, -0.25) is 14.5 Å². The van der Waals surface area contributed by atoms with Crippen molar-refractivity contribution in [2.24, 2.45) is 0 Å². The lowest BCUT2D eigenvalue weighted by Gasteiger charge is -2.13. The summed E-state index contributed by atoms with van der Waals surface area (Å²) in [5.41, 5.74) is 0.791. The van der Waals surface area contributed by atoms with Crippen molar-refractivity contribution in [3.63, 3.8) is 0 Å². The van der Waals surface area contributed by atoms with Crippen LogP contribution in [0.15, 0.2) is 27.6 Å². The highest BCUT2D eigenvalue weighted by molar-refractivity contribution is 9.10. The molecule has 1 aromatic rings. The Morgan fingerprint density at radius 3 is 2.88 bits per heavy atom. The molecule has 0 unspecified atom stereocenters. The monoisotopic (exact) mass is 429 g/mol. The zero-order valence-electron chi connectivity index (χ0n) is 13.2. The van der Waals surface area contributed by atoms with Gasteiger partial charge < -0.3 is 9.47 Å². The topological polar surface area (TPSA) is 55.8 Å². The molecule has 1 aromatic carbocycles. The average molecular weight is 430 g/mol. The predicted octanol–water partition coefficient (Wildman–Crippen LogP) is 3.61. The van der Waals surface area contributed by atoms with E-state index in [9.17, 15) is 9.59 Å². The SMILES string of the molecule is CCOc1ccc(Br)cc1/C=C1/SC(=S)N(CCC(=O)OC)C1=O. The lowest BCUT2D eigenvalue weighted by atomic mass is 10.2. The van der Waals surface area contributed by atoms with Crippen LogP contribution < -0.4 is 4.74 Å². The highest BCUT2D eigenvalue weighted by atomic mass is 79.9. The number of nitrogens with zero attached hydrogens (tertiary/aromatic N) is 1. The van der Waals surface area contributed by atoms with Gasteiger partial charge in [0, 0.05) is 16.6 Å². The molecule has 1 aliphatic heterocycles. The summed E-state index contributed by atoms with van der Waals surface area (Å²) in [5, 5.41) is 0. The number of rotatable bonds is 6. The van der Waals surface area contributed by atoms with Crippen LogP contribution in [-0.4, -0.2) is 41.4 Å². The van der Waals surface area contributed by atoms with Gasteiger partial charge in [-0.15, -0.1) is 0 Å². The van der Waals surface area contributed by atoms with Gasteiger partial charge in [-0.1, -0.05) is 39.9 Å². The molecule has 5 nitrogen and oxygen atoms in total. The first kappa shape index (κ1) is 19.0. The third-order valence-electron chi connectivity index (χ3n) is 3.20. The fraction of sp³-hybridized carbons (Fsp3) is 0.312. The Balaban J connectivity index is 2.22. The van der Waals surface area contributed by atoms with Crippen LogP contribution in [0.2, 0.25) is 0 Å². The first-order valence-corrected chi connectivity index (χ1v) is 9.22. The fourth-order valence-corrected chi connectivity index (χ4v) is 3.74. The van der Waals surface area contributed by atoms with Crippen LogP contribution in [0.4, 0.5) is 0 Å². The minimum atomic E-state index is -0.376. The molecule has 24 heavy (non-hydrogen) atoms. The summed E-state index contributed by atoms with van der Waals surface area (Å²) < 4.78 is 11.5. The third kappa shape index (κ3) is 4.58. The van der Waals surface area contributed by atoms with Crippen molar-refractivity contribution in [1.29, 1.82) is 0 Å². The minimum Gasteiger partial charge on any atom is -0.493 e. The molecule has 0 aromatic heterocycles. The number of hydrogen-bond donors (Lipinski definition) is 0. The summed E-state index contributed by atoms with van der Waals surface area (Å²) in [4.78, 5) is 25.7. The first-order valence-electron chi connectivity index (χ1n) is 7.20. The highest BCUT2D eigenvalue weighted by Crippen LogP contribution is 2.35. The van der Waals surface area contributed by atoms with E-state index in [0.717, 1.165) is 10.0 Å². The average Bonchev–Trinajstić information content (AvgIpc) is 2.81. The second-order valence-electron chi connectivity index (χ2n) is 4.77. The van der Waals surface area contributed by atoms with Gasteiger partial charge in [0.25, 0.3) is 5.91 Å². The van der Waals surface area contributed by atoms with Crippen molar-refractivity contribution in [2.45, 2.75) is 13.3 Å². The zero-order valence-corrected chi connectivity index (χ0v) is 16.4. The summed E-state index contributed by atoms with van der Waals surface area (Å²) in [6.45, 7) is 2.64. The highest BCUT2D eigenvalue weighted by Gasteiger charge is 2.32. The molecular weight excluding hydrogens is 414 g/mol. The number of amides is 1. The van der Waals surface area contributed by atoms with Crippen molar-refractivity contribution in [1.82, 2.24) is 4.90 Å². The molecule has 0 saturated carbocycles. The van der Waals surface area contributed by atoms with Gasteiger partial charge in [-0.25, -0.2) is 0 Å². The molecule has 0 atom stereocenters. The van der Waals surface area contributed by atoms with Gasteiger partial charge in [-0.05, 0) is 31.2 Å². The van der Waals surface area contributed by atoms with Gasteiger partial charge in [0.1, 0.15) is 10.1 Å². The van der Waals surface area contributed by atoms with E-state index in [1.54, 1.807) is 6.08 Å². The van der Waals surface area contributed by atoms with E-state index >= 15 is 0 Å². The quantitative estimate of drug-likeness (QED) is 0.391. The van der Waals surface area contributed by atoms with Crippen LogP contribution in [0.3, 0.4) is 0 Å². The van der Waals surface area contributed by atoms with Crippen molar-refractivity contribution >= 4 is 62.2 Å². The molecule has 0 bridgehead atoms. The largest absolute Gasteiger partial charge is 0.493 e. The Labute approximate surface area is 158 Å². The number of thiocarbonyl (C=S) groups is 1. The summed E-state index contributed by atoms with van der Waals surface area (Å²) in [7, 11) is 1.31.